The molecule has 0 aliphatic rings. The third kappa shape index (κ3) is 1.59. The Hall–Kier alpha value is -1.88. The van der Waals surface area contributed by atoms with Gasteiger partial charge in [0.25, 0.3) is 0 Å². The van der Waals surface area contributed by atoms with Crippen LogP contribution in [0.1, 0.15) is 5.82 Å². The van der Waals surface area contributed by atoms with Crippen molar-refractivity contribution in [2.45, 2.75) is 6.92 Å². The lowest BCUT2D eigenvalue weighted by Crippen LogP contribution is -1.89. The van der Waals surface area contributed by atoms with Crippen LogP contribution < -0.4 is 0 Å². The van der Waals surface area contributed by atoms with Gasteiger partial charge in [-0.1, -0.05) is 0 Å². The van der Waals surface area contributed by atoms with E-state index in [0.717, 1.165) is 27.4 Å². The lowest BCUT2D eigenvalue weighted by atomic mass is 10.2. The number of hydrogen-bond acceptors (Lipinski definition) is 4. The zero-order valence-electron chi connectivity index (χ0n) is 9.51. The molecular formula is C12H11N3OS. The minimum Gasteiger partial charge on any atom is -0.493 e. The summed E-state index contributed by atoms with van der Waals surface area (Å²) >= 11 is 1.43. The van der Waals surface area contributed by atoms with Gasteiger partial charge in [-0.2, -0.15) is 0 Å². The molecule has 0 radical (unpaired) electrons. The molecule has 0 saturated heterocycles. The van der Waals surface area contributed by atoms with E-state index in [-0.39, 0.29) is 5.88 Å². The Bertz CT molecular complexity index is 699. The first kappa shape index (κ1) is 10.3. The maximum Gasteiger partial charge on any atom is 0.222 e. The van der Waals surface area contributed by atoms with Crippen molar-refractivity contribution < 1.29 is 5.11 Å². The molecule has 0 spiro atoms. The topological polar surface area (TPSA) is 50.9 Å². The van der Waals surface area contributed by atoms with E-state index in [4.69, 9.17) is 0 Å². The molecule has 1 aromatic carbocycles. The molecule has 0 bridgehead atoms. The van der Waals surface area contributed by atoms with Gasteiger partial charge in [0, 0.05) is 12.6 Å². The zero-order chi connectivity index (χ0) is 12.0. The predicted molar refractivity (Wildman–Crippen MR) is 68.2 cm³/mol. The molecule has 0 fully saturated rings. The lowest BCUT2D eigenvalue weighted by Gasteiger charge is -1.98. The minimum atomic E-state index is 0.0716. The van der Waals surface area contributed by atoms with Gasteiger partial charge in [-0.15, -0.1) is 11.3 Å². The number of rotatable bonds is 1. The molecule has 3 aromatic rings. The number of thiazole rings is 1. The van der Waals surface area contributed by atoms with Gasteiger partial charge in [-0.25, -0.2) is 9.97 Å². The van der Waals surface area contributed by atoms with Crippen molar-refractivity contribution in [1.29, 1.82) is 0 Å². The molecule has 86 valence electrons. The van der Waals surface area contributed by atoms with Crippen LogP contribution in [0.15, 0.2) is 23.6 Å². The first-order valence-corrected chi connectivity index (χ1v) is 6.11. The Labute approximate surface area is 102 Å². The van der Waals surface area contributed by atoms with Crippen molar-refractivity contribution in [2.75, 3.05) is 0 Å². The highest BCUT2D eigenvalue weighted by atomic mass is 32.1. The van der Waals surface area contributed by atoms with Crippen LogP contribution in [0, 0.1) is 6.92 Å². The summed E-state index contributed by atoms with van der Waals surface area (Å²) in [6.45, 7) is 1.98. The van der Waals surface area contributed by atoms with Crippen molar-refractivity contribution in [3.8, 4) is 16.5 Å². The van der Waals surface area contributed by atoms with Gasteiger partial charge in [-0.3, -0.25) is 0 Å². The van der Waals surface area contributed by atoms with Gasteiger partial charge < -0.3 is 9.67 Å². The van der Waals surface area contributed by atoms with Gasteiger partial charge in [0.2, 0.25) is 5.88 Å². The first-order valence-electron chi connectivity index (χ1n) is 5.23. The molecule has 3 rings (SSSR count). The van der Waals surface area contributed by atoms with Crippen molar-refractivity contribution in [1.82, 2.24) is 14.5 Å². The average molecular weight is 245 g/mol. The number of benzene rings is 1. The van der Waals surface area contributed by atoms with Crippen LogP contribution in [0.25, 0.3) is 21.6 Å². The first-order chi connectivity index (χ1) is 8.15. The number of hydrogen-bond donors (Lipinski definition) is 1. The van der Waals surface area contributed by atoms with E-state index in [1.807, 2.05) is 32.2 Å². The Kier molecular flexibility index (Phi) is 2.16. The summed E-state index contributed by atoms with van der Waals surface area (Å²) in [5, 5.41) is 11.7. The standard InChI is InChI=1S/C12H11N3OS/c1-7-13-9-5-8(3-4-10(9)15(7)2)12-14-11(16)6-17-12/h3-6,16H,1-2H3. The highest BCUT2D eigenvalue weighted by Crippen LogP contribution is 2.28. The maximum atomic E-state index is 9.26. The van der Waals surface area contributed by atoms with E-state index in [1.165, 1.54) is 11.3 Å². The summed E-state index contributed by atoms with van der Waals surface area (Å²) < 4.78 is 2.05. The monoisotopic (exact) mass is 245 g/mol. The Morgan fingerprint density at radius 1 is 1.29 bits per heavy atom. The van der Waals surface area contributed by atoms with Crippen molar-refractivity contribution in [3.63, 3.8) is 0 Å². The summed E-state index contributed by atoms with van der Waals surface area (Å²) in [6, 6.07) is 6.03. The molecule has 4 nitrogen and oxygen atoms in total. The Morgan fingerprint density at radius 3 is 2.82 bits per heavy atom. The summed E-state index contributed by atoms with van der Waals surface area (Å²) in [5.41, 5.74) is 3.05. The van der Waals surface area contributed by atoms with Crippen molar-refractivity contribution >= 4 is 22.4 Å². The molecule has 2 aromatic heterocycles. The van der Waals surface area contributed by atoms with E-state index in [2.05, 4.69) is 14.5 Å². The molecule has 0 aliphatic heterocycles. The van der Waals surface area contributed by atoms with E-state index in [1.54, 1.807) is 5.38 Å². The van der Waals surface area contributed by atoms with E-state index in [0.29, 0.717) is 0 Å². The third-order valence-corrected chi connectivity index (χ3v) is 3.72. The number of aromatic hydroxyl groups is 1. The van der Waals surface area contributed by atoms with Crippen molar-refractivity contribution in [2.24, 2.45) is 7.05 Å². The third-order valence-electron chi connectivity index (χ3n) is 2.84. The Morgan fingerprint density at radius 2 is 2.12 bits per heavy atom. The molecule has 1 N–H and O–H groups in total. The van der Waals surface area contributed by atoms with Gasteiger partial charge >= 0.3 is 0 Å². The second-order valence-corrected chi connectivity index (χ2v) is 4.79. The van der Waals surface area contributed by atoms with Crippen LogP contribution in [0.4, 0.5) is 0 Å². The fraction of sp³-hybridized carbons (Fsp3) is 0.167. The number of imidazole rings is 1. The summed E-state index contributed by atoms with van der Waals surface area (Å²) in [7, 11) is 2.00. The highest BCUT2D eigenvalue weighted by molar-refractivity contribution is 7.13. The summed E-state index contributed by atoms with van der Waals surface area (Å²) in [4.78, 5) is 8.54. The van der Waals surface area contributed by atoms with Crippen LogP contribution in [-0.4, -0.2) is 19.6 Å². The normalized spacial score (nSPS) is 11.2. The second kappa shape index (κ2) is 3.56. The number of aryl methyl sites for hydroxylation is 2. The highest BCUT2D eigenvalue weighted by Gasteiger charge is 2.08. The number of fused-ring (bicyclic) bond motifs is 1. The molecule has 5 heteroatoms. The van der Waals surface area contributed by atoms with Gasteiger partial charge in [0.1, 0.15) is 10.8 Å². The van der Waals surface area contributed by atoms with Crippen LogP contribution >= 0.6 is 11.3 Å². The summed E-state index contributed by atoms with van der Waals surface area (Å²) in [6.07, 6.45) is 0. The second-order valence-electron chi connectivity index (χ2n) is 3.93. The average Bonchev–Trinajstić information content (AvgIpc) is 2.85. The SMILES string of the molecule is Cc1nc2cc(-c3nc(O)cs3)ccc2n1C. The molecular weight excluding hydrogens is 234 g/mol. The quantitative estimate of drug-likeness (QED) is 0.717. The van der Waals surface area contributed by atoms with E-state index >= 15 is 0 Å². The van der Waals surface area contributed by atoms with E-state index < -0.39 is 0 Å². The van der Waals surface area contributed by atoms with Gasteiger partial charge in [0.15, 0.2) is 0 Å². The van der Waals surface area contributed by atoms with Gasteiger partial charge in [-0.05, 0) is 25.1 Å². The fourth-order valence-corrected chi connectivity index (χ4v) is 2.53. The summed E-state index contributed by atoms with van der Waals surface area (Å²) in [5.74, 6) is 1.06. The molecule has 0 saturated carbocycles. The molecule has 2 heterocycles. The van der Waals surface area contributed by atoms with Crippen molar-refractivity contribution in [3.05, 3.63) is 29.4 Å². The lowest BCUT2D eigenvalue weighted by molar-refractivity contribution is 0.458. The van der Waals surface area contributed by atoms with Crippen LogP contribution in [0.3, 0.4) is 0 Å². The number of aromatic nitrogens is 3. The molecule has 0 amide bonds. The largest absolute Gasteiger partial charge is 0.493 e. The smallest absolute Gasteiger partial charge is 0.222 e. The van der Waals surface area contributed by atoms with Crippen LogP contribution in [0.5, 0.6) is 5.88 Å². The zero-order valence-corrected chi connectivity index (χ0v) is 10.3. The fourth-order valence-electron chi connectivity index (χ4n) is 1.85. The van der Waals surface area contributed by atoms with Gasteiger partial charge in [0.05, 0.1) is 16.4 Å². The molecule has 17 heavy (non-hydrogen) atoms. The molecule has 0 atom stereocenters. The van der Waals surface area contributed by atoms with Crippen LogP contribution in [-0.2, 0) is 7.05 Å². The van der Waals surface area contributed by atoms with E-state index in [9.17, 15) is 5.11 Å². The van der Waals surface area contributed by atoms with Crippen LogP contribution in [0.2, 0.25) is 0 Å². The number of nitrogens with zero attached hydrogens (tertiary/aromatic N) is 3. The molecule has 0 unspecified atom stereocenters. The molecule has 0 aliphatic carbocycles. The Balaban J connectivity index is 2.20. The minimum absolute atomic E-state index is 0.0716. The predicted octanol–water partition coefficient (Wildman–Crippen LogP) is 2.71. The maximum absolute atomic E-state index is 9.26.